The summed E-state index contributed by atoms with van der Waals surface area (Å²) in [4.78, 5) is 17.4. The number of benzene rings is 2. The maximum atomic E-state index is 13.4. The van der Waals surface area contributed by atoms with Crippen LogP contribution in [0.3, 0.4) is 0 Å². The number of fused-ring (bicyclic) bond motifs is 1. The zero-order chi connectivity index (χ0) is 24.5. The van der Waals surface area contributed by atoms with Crippen molar-refractivity contribution in [1.82, 2.24) is 14.5 Å². The maximum Gasteiger partial charge on any atom is 0.573 e. The van der Waals surface area contributed by atoms with Crippen LogP contribution in [0.15, 0.2) is 49.1 Å². The Kier molecular flexibility index (Phi) is 6.75. The molecule has 33 heavy (non-hydrogen) atoms. The molecule has 0 unspecified atom stereocenters. The molecule has 0 saturated carbocycles. The van der Waals surface area contributed by atoms with E-state index >= 15 is 0 Å². The Bertz CT molecular complexity index is 1190. The van der Waals surface area contributed by atoms with Crippen molar-refractivity contribution in [1.29, 1.82) is 0 Å². The number of aromatic nitrogens is 2. The van der Waals surface area contributed by atoms with Crippen LogP contribution in [0.25, 0.3) is 22.2 Å². The zero-order valence-corrected chi connectivity index (χ0v) is 17.7. The average Bonchev–Trinajstić information content (AvgIpc) is 3.13. The van der Waals surface area contributed by atoms with Crippen LogP contribution in [-0.4, -0.2) is 50.6 Å². The van der Waals surface area contributed by atoms with Gasteiger partial charge in [0.2, 0.25) is 0 Å². The number of amides is 1. The summed E-state index contributed by atoms with van der Waals surface area (Å²) in [6.45, 7) is 2.23. The van der Waals surface area contributed by atoms with Crippen LogP contribution < -0.4 is 4.74 Å². The highest BCUT2D eigenvalue weighted by Gasteiger charge is 2.31. The molecule has 2 aromatic carbocycles. The van der Waals surface area contributed by atoms with Gasteiger partial charge in [0.1, 0.15) is 11.9 Å². The van der Waals surface area contributed by atoms with Gasteiger partial charge in [-0.3, -0.25) is 4.79 Å². The van der Waals surface area contributed by atoms with E-state index in [2.05, 4.69) is 16.3 Å². The molecule has 1 aromatic heterocycles. The van der Waals surface area contributed by atoms with E-state index in [0.717, 1.165) is 17.0 Å². The third-order valence-electron chi connectivity index (χ3n) is 5.00. The number of ether oxygens (including phenoxy) is 1. The first kappa shape index (κ1) is 24.2. The number of alkyl halides is 3. The summed E-state index contributed by atoms with van der Waals surface area (Å²) in [7, 11) is 3.01. The Hall–Kier alpha value is -3.44. The molecule has 7 nitrogen and oxygen atoms in total. The van der Waals surface area contributed by atoms with Crippen LogP contribution in [-0.2, 0) is 18.4 Å². The molecule has 0 aliphatic heterocycles. The summed E-state index contributed by atoms with van der Waals surface area (Å²) in [5, 5.41) is 20.1. The summed E-state index contributed by atoms with van der Waals surface area (Å²) in [6, 6.07) is 6.71. The molecule has 1 atom stereocenters. The number of aliphatic hydroxyl groups excluding tert-OH is 2. The lowest BCUT2D eigenvalue weighted by molar-refractivity contribution is -0.274. The molecule has 1 amide bonds. The van der Waals surface area contributed by atoms with E-state index in [1.807, 2.05) is 0 Å². The van der Waals surface area contributed by atoms with Gasteiger partial charge in [-0.25, -0.2) is 9.37 Å². The smallest absolute Gasteiger partial charge is 0.406 e. The van der Waals surface area contributed by atoms with Crippen molar-refractivity contribution in [2.24, 2.45) is 7.05 Å². The topological polar surface area (TPSA) is 87.8 Å². The number of carbonyl (C=O) groups is 1. The quantitative estimate of drug-likeness (QED) is 0.410. The minimum atomic E-state index is -4.83. The second-order valence-electron chi connectivity index (χ2n) is 7.39. The number of aliphatic hydroxyl groups is 2. The van der Waals surface area contributed by atoms with E-state index in [1.165, 1.54) is 25.5 Å². The minimum Gasteiger partial charge on any atom is -0.406 e. The Labute approximate surface area is 186 Å². The molecule has 0 saturated heterocycles. The minimum absolute atomic E-state index is 0.141. The van der Waals surface area contributed by atoms with Crippen molar-refractivity contribution in [2.45, 2.75) is 19.0 Å². The monoisotopic (exact) mass is 467 g/mol. The van der Waals surface area contributed by atoms with Crippen molar-refractivity contribution in [3.63, 3.8) is 0 Å². The van der Waals surface area contributed by atoms with Crippen LogP contribution in [0.4, 0.5) is 17.6 Å². The van der Waals surface area contributed by atoms with Crippen molar-refractivity contribution >= 4 is 16.9 Å². The van der Waals surface area contributed by atoms with Gasteiger partial charge in [-0.15, -0.1) is 13.2 Å². The fourth-order valence-electron chi connectivity index (χ4n) is 3.60. The van der Waals surface area contributed by atoms with Crippen LogP contribution in [0, 0.1) is 0 Å². The van der Waals surface area contributed by atoms with Crippen molar-refractivity contribution in [3.8, 4) is 16.9 Å². The summed E-state index contributed by atoms with van der Waals surface area (Å²) in [6.07, 6.45) is -4.68. The number of likely N-dealkylation sites (N-methyl/N-ethyl adjacent to an activating group) is 1. The largest absolute Gasteiger partial charge is 0.573 e. The Morgan fingerprint density at radius 2 is 1.94 bits per heavy atom. The number of nitrogens with zero attached hydrogens (tertiary/aromatic N) is 3. The first-order chi connectivity index (χ1) is 15.4. The molecule has 176 valence electrons. The molecule has 0 aliphatic carbocycles. The van der Waals surface area contributed by atoms with E-state index in [0.29, 0.717) is 27.7 Å². The highest BCUT2D eigenvalue weighted by Crippen LogP contribution is 2.37. The molecular formula is C22H21F4N3O4. The summed E-state index contributed by atoms with van der Waals surface area (Å²) in [5.41, 5.74) is 2.51. The maximum absolute atomic E-state index is 13.4. The average molecular weight is 467 g/mol. The van der Waals surface area contributed by atoms with Crippen molar-refractivity contribution < 1.29 is 37.3 Å². The predicted molar refractivity (Wildman–Crippen MR) is 112 cm³/mol. The number of imidazole rings is 1. The van der Waals surface area contributed by atoms with Gasteiger partial charge in [0, 0.05) is 31.8 Å². The van der Waals surface area contributed by atoms with E-state index in [1.54, 1.807) is 17.7 Å². The lowest BCUT2D eigenvalue weighted by Crippen LogP contribution is -2.27. The zero-order valence-electron chi connectivity index (χ0n) is 17.7. The fraction of sp³-hybridized carbons (Fsp3) is 0.273. The predicted octanol–water partition coefficient (Wildman–Crippen LogP) is 3.61. The molecule has 0 aliphatic rings. The Balaban J connectivity index is 2.18. The standard InChI is InChI=1S/C22H21F4N3O4/c1-12(23)21(32)28(2)9-14-8-16(13-4-6-15(7-5-13)33-22(24,25)26)19-20(29(3)11-27-19)18(14)17(31)10-30/h4-8,11,17,30-31H,1,9-10H2,2-3H3/t17-/m1/s1. The molecule has 0 bridgehead atoms. The molecule has 0 radical (unpaired) electrons. The lowest BCUT2D eigenvalue weighted by atomic mass is 9.93. The lowest BCUT2D eigenvalue weighted by Gasteiger charge is -2.22. The van der Waals surface area contributed by atoms with Crippen LogP contribution in [0.5, 0.6) is 5.75 Å². The van der Waals surface area contributed by atoms with E-state index in [9.17, 15) is 32.6 Å². The van der Waals surface area contributed by atoms with Crippen LogP contribution >= 0.6 is 0 Å². The van der Waals surface area contributed by atoms with Gasteiger partial charge in [-0.05, 0) is 29.3 Å². The second-order valence-corrected chi connectivity index (χ2v) is 7.39. The van der Waals surface area contributed by atoms with E-state index < -0.39 is 36.6 Å². The number of carbonyl (C=O) groups excluding carboxylic acids is 1. The van der Waals surface area contributed by atoms with Gasteiger partial charge >= 0.3 is 6.36 Å². The SMILES string of the molecule is C=C(F)C(=O)N(C)Cc1cc(-c2ccc(OC(F)(F)F)cc2)c2ncn(C)c2c1[C@H](O)CO. The van der Waals surface area contributed by atoms with E-state index in [4.69, 9.17) is 0 Å². The van der Waals surface area contributed by atoms with Crippen molar-refractivity contribution in [3.05, 3.63) is 60.2 Å². The van der Waals surface area contributed by atoms with E-state index in [-0.39, 0.29) is 12.1 Å². The van der Waals surface area contributed by atoms with Gasteiger partial charge in [0.05, 0.1) is 24.0 Å². The van der Waals surface area contributed by atoms with Crippen molar-refractivity contribution in [2.75, 3.05) is 13.7 Å². The molecule has 2 N–H and O–H groups in total. The van der Waals surface area contributed by atoms with Gasteiger partial charge in [-0.1, -0.05) is 18.7 Å². The molecular weight excluding hydrogens is 446 g/mol. The third kappa shape index (κ3) is 5.15. The molecule has 0 fully saturated rings. The second kappa shape index (κ2) is 9.20. The molecule has 3 rings (SSSR count). The number of hydrogen-bond acceptors (Lipinski definition) is 5. The number of rotatable bonds is 7. The number of aryl methyl sites for hydroxylation is 1. The molecule has 0 spiro atoms. The summed E-state index contributed by atoms with van der Waals surface area (Å²) in [5.74, 6) is -2.52. The summed E-state index contributed by atoms with van der Waals surface area (Å²) >= 11 is 0. The van der Waals surface area contributed by atoms with Crippen LogP contribution in [0.2, 0.25) is 0 Å². The molecule has 1 heterocycles. The first-order valence-electron chi connectivity index (χ1n) is 9.64. The highest BCUT2D eigenvalue weighted by atomic mass is 19.4. The summed E-state index contributed by atoms with van der Waals surface area (Å²) < 4.78 is 56.3. The number of hydrogen-bond donors (Lipinski definition) is 2. The van der Waals surface area contributed by atoms with Gasteiger partial charge < -0.3 is 24.4 Å². The normalized spacial score (nSPS) is 12.6. The highest BCUT2D eigenvalue weighted by molar-refractivity contribution is 5.96. The van der Waals surface area contributed by atoms with Crippen LogP contribution in [0.1, 0.15) is 17.2 Å². The third-order valence-corrected chi connectivity index (χ3v) is 5.00. The van der Waals surface area contributed by atoms with Gasteiger partial charge in [0.15, 0.2) is 5.83 Å². The molecule has 11 heteroatoms. The first-order valence-corrected chi connectivity index (χ1v) is 9.64. The van der Waals surface area contributed by atoms with Gasteiger partial charge in [0.25, 0.3) is 5.91 Å². The molecule has 3 aromatic rings. The fourth-order valence-corrected chi connectivity index (χ4v) is 3.60. The Morgan fingerprint density at radius 3 is 2.48 bits per heavy atom. The Morgan fingerprint density at radius 1 is 1.30 bits per heavy atom. The van der Waals surface area contributed by atoms with Gasteiger partial charge in [-0.2, -0.15) is 0 Å². The number of halogens is 4.